The zero-order valence-electron chi connectivity index (χ0n) is 7.07. The van der Waals surface area contributed by atoms with Gasteiger partial charge in [0.15, 0.2) is 0 Å². The van der Waals surface area contributed by atoms with Crippen molar-refractivity contribution in [2.24, 2.45) is 0 Å². The zero-order chi connectivity index (χ0) is 10.1. The van der Waals surface area contributed by atoms with Gasteiger partial charge in [0.25, 0.3) is 0 Å². The van der Waals surface area contributed by atoms with Crippen LogP contribution in [-0.2, 0) is 6.54 Å². The van der Waals surface area contributed by atoms with Crippen LogP contribution in [0.4, 0.5) is 0 Å². The van der Waals surface area contributed by atoms with Crippen LogP contribution in [0.1, 0.15) is 5.56 Å². The number of nitro groups is 1. The van der Waals surface area contributed by atoms with Crippen LogP contribution in [0.15, 0.2) is 22.7 Å². The van der Waals surface area contributed by atoms with Crippen LogP contribution in [0.2, 0.25) is 0 Å². The van der Waals surface area contributed by atoms with Crippen molar-refractivity contribution in [3.05, 3.63) is 38.3 Å². The molecule has 1 aliphatic rings. The fourth-order valence-electron chi connectivity index (χ4n) is 1.29. The van der Waals surface area contributed by atoms with Gasteiger partial charge in [-0.2, -0.15) is 0 Å². The summed E-state index contributed by atoms with van der Waals surface area (Å²) in [5.41, 5.74) is 0.914. The molecule has 0 bridgehead atoms. The van der Waals surface area contributed by atoms with Gasteiger partial charge in [-0.3, -0.25) is 10.1 Å². The van der Waals surface area contributed by atoms with Gasteiger partial charge in [0.05, 0.1) is 9.40 Å². The van der Waals surface area contributed by atoms with E-state index < -0.39 is 11.3 Å². The molecule has 1 aliphatic heterocycles. The predicted octanol–water partition coefficient (Wildman–Crippen LogP) is 1.49. The van der Waals surface area contributed by atoms with Gasteiger partial charge in [-0.05, 0) is 22.0 Å². The van der Waals surface area contributed by atoms with Crippen LogP contribution in [0.3, 0.4) is 0 Å². The number of fused-ring (bicyclic) bond motifs is 1. The molecular formula is C8H7BrN2O3. The number of benzene rings is 1. The molecule has 5 nitrogen and oxygen atoms in total. The Hall–Kier alpha value is -1.14. The van der Waals surface area contributed by atoms with E-state index in [1.807, 2.05) is 12.1 Å². The molecule has 0 amide bonds. The smallest absolute Gasteiger partial charge is 0.416 e. The first kappa shape index (κ1) is 9.42. The van der Waals surface area contributed by atoms with Crippen LogP contribution in [-0.4, -0.2) is 11.3 Å². The molecule has 14 heavy (non-hydrogen) atoms. The molecule has 1 unspecified atom stereocenters. The van der Waals surface area contributed by atoms with E-state index in [2.05, 4.69) is 21.2 Å². The van der Waals surface area contributed by atoms with Crippen LogP contribution in [0.5, 0.6) is 5.75 Å². The maximum Gasteiger partial charge on any atom is 0.417 e. The highest BCUT2D eigenvalue weighted by Crippen LogP contribution is 2.31. The second-order valence-electron chi connectivity index (χ2n) is 2.86. The van der Waals surface area contributed by atoms with Crippen molar-refractivity contribution in [3.63, 3.8) is 0 Å². The Bertz CT molecular complexity index is 383. The Kier molecular flexibility index (Phi) is 2.39. The first-order valence-corrected chi connectivity index (χ1v) is 4.78. The quantitative estimate of drug-likeness (QED) is 0.613. The summed E-state index contributed by atoms with van der Waals surface area (Å²) in [5, 5.41) is 13.1. The number of para-hydroxylation sites is 1. The summed E-state index contributed by atoms with van der Waals surface area (Å²) in [7, 11) is 0. The Labute approximate surface area is 88.3 Å². The second-order valence-corrected chi connectivity index (χ2v) is 3.72. The van der Waals surface area contributed by atoms with Gasteiger partial charge in [-0.25, -0.2) is 5.32 Å². The number of rotatable bonds is 1. The minimum atomic E-state index is -1.15. The molecule has 0 aromatic heterocycles. The van der Waals surface area contributed by atoms with Crippen molar-refractivity contribution in [2.45, 2.75) is 12.9 Å². The van der Waals surface area contributed by atoms with Crippen LogP contribution >= 0.6 is 15.9 Å². The van der Waals surface area contributed by atoms with Gasteiger partial charge in [-0.1, -0.05) is 12.1 Å². The monoisotopic (exact) mass is 258 g/mol. The average molecular weight is 259 g/mol. The fraction of sp³-hybridized carbons (Fsp3) is 0.250. The minimum absolute atomic E-state index is 0.445. The SMILES string of the molecule is O=[N+]([O-])C1NCc2cccc(Br)c2O1. The number of nitrogens with zero attached hydrogens (tertiary/aromatic N) is 1. The molecule has 0 radical (unpaired) electrons. The third kappa shape index (κ3) is 1.58. The van der Waals surface area contributed by atoms with E-state index in [0.717, 1.165) is 10.0 Å². The molecule has 74 valence electrons. The van der Waals surface area contributed by atoms with Crippen LogP contribution in [0.25, 0.3) is 0 Å². The van der Waals surface area contributed by atoms with E-state index in [1.165, 1.54) is 0 Å². The number of hydrogen-bond donors (Lipinski definition) is 1. The van der Waals surface area contributed by atoms with Crippen molar-refractivity contribution in [1.82, 2.24) is 5.32 Å². The molecule has 0 spiro atoms. The highest BCUT2D eigenvalue weighted by atomic mass is 79.9. The first-order valence-electron chi connectivity index (χ1n) is 3.99. The molecule has 1 aromatic carbocycles. The normalized spacial score (nSPS) is 19.6. The highest BCUT2D eigenvalue weighted by molar-refractivity contribution is 9.10. The maximum atomic E-state index is 10.5. The number of halogens is 1. The minimum Gasteiger partial charge on any atom is -0.416 e. The van der Waals surface area contributed by atoms with Crippen molar-refractivity contribution >= 4 is 15.9 Å². The standard InChI is InChI=1S/C8H7BrN2O3/c9-6-3-1-2-5-4-10-8(11(12)13)14-7(5)6/h1-3,8,10H,4H2. The lowest BCUT2D eigenvalue weighted by Crippen LogP contribution is -2.44. The molecule has 0 aliphatic carbocycles. The Morgan fingerprint density at radius 2 is 2.43 bits per heavy atom. The maximum absolute atomic E-state index is 10.5. The summed E-state index contributed by atoms with van der Waals surface area (Å²) in [6.45, 7) is 0.445. The Balaban J connectivity index is 2.33. The molecule has 1 heterocycles. The van der Waals surface area contributed by atoms with E-state index in [1.54, 1.807) is 6.07 Å². The summed E-state index contributed by atoms with van der Waals surface area (Å²) in [4.78, 5) is 9.98. The third-order valence-corrected chi connectivity index (χ3v) is 2.56. The zero-order valence-corrected chi connectivity index (χ0v) is 8.65. The number of ether oxygens (including phenoxy) is 1. The molecule has 2 rings (SSSR count). The summed E-state index contributed by atoms with van der Waals surface area (Å²) >= 11 is 3.28. The second kappa shape index (κ2) is 3.55. The third-order valence-electron chi connectivity index (χ3n) is 1.94. The summed E-state index contributed by atoms with van der Waals surface area (Å²) in [6, 6.07) is 5.52. The lowest BCUT2D eigenvalue weighted by molar-refractivity contribution is -0.572. The van der Waals surface area contributed by atoms with E-state index in [4.69, 9.17) is 4.74 Å². The largest absolute Gasteiger partial charge is 0.417 e. The molecule has 0 fully saturated rings. The van der Waals surface area contributed by atoms with Crippen LogP contribution in [0, 0.1) is 10.1 Å². The van der Waals surface area contributed by atoms with Gasteiger partial charge in [0.1, 0.15) is 5.75 Å². The molecule has 1 atom stereocenters. The average Bonchev–Trinajstić information content (AvgIpc) is 2.18. The lowest BCUT2D eigenvalue weighted by atomic mass is 10.2. The Morgan fingerprint density at radius 1 is 1.64 bits per heavy atom. The number of nitrogens with one attached hydrogen (secondary N) is 1. The Morgan fingerprint density at radius 3 is 3.14 bits per heavy atom. The predicted molar refractivity (Wildman–Crippen MR) is 52.4 cm³/mol. The van der Waals surface area contributed by atoms with Crippen LogP contribution < -0.4 is 10.1 Å². The molecule has 1 aromatic rings. The number of hydrogen-bond acceptors (Lipinski definition) is 4. The van der Waals surface area contributed by atoms with Crippen molar-refractivity contribution < 1.29 is 9.66 Å². The van der Waals surface area contributed by atoms with Gasteiger partial charge in [-0.15, -0.1) is 0 Å². The summed E-state index contributed by atoms with van der Waals surface area (Å²) in [5.74, 6) is 0.549. The van der Waals surface area contributed by atoms with Gasteiger partial charge in [0.2, 0.25) is 0 Å². The molecule has 0 saturated carbocycles. The first-order chi connectivity index (χ1) is 6.68. The van der Waals surface area contributed by atoms with Crippen molar-refractivity contribution in [1.29, 1.82) is 0 Å². The fourth-order valence-corrected chi connectivity index (χ4v) is 1.79. The summed E-state index contributed by atoms with van der Waals surface area (Å²) in [6.07, 6.45) is -1.15. The topological polar surface area (TPSA) is 64.4 Å². The van der Waals surface area contributed by atoms with E-state index in [9.17, 15) is 10.1 Å². The van der Waals surface area contributed by atoms with E-state index in [-0.39, 0.29) is 0 Å². The highest BCUT2D eigenvalue weighted by Gasteiger charge is 2.28. The molecule has 0 saturated heterocycles. The summed E-state index contributed by atoms with van der Waals surface area (Å²) < 4.78 is 5.91. The molecule has 6 heteroatoms. The van der Waals surface area contributed by atoms with E-state index in [0.29, 0.717) is 12.3 Å². The van der Waals surface area contributed by atoms with Gasteiger partial charge in [0, 0.05) is 12.1 Å². The van der Waals surface area contributed by atoms with Crippen molar-refractivity contribution in [3.8, 4) is 5.75 Å². The lowest BCUT2D eigenvalue weighted by Gasteiger charge is -2.21. The van der Waals surface area contributed by atoms with E-state index >= 15 is 0 Å². The molecule has 1 N–H and O–H groups in total. The molecular weight excluding hydrogens is 252 g/mol. The van der Waals surface area contributed by atoms with Crippen molar-refractivity contribution in [2.75, 3.05) is 0 Å². The van der Waals surface area contributed by atoms with Gasteiger partial charge < -0.3 is 4.74 Å². The van der Waals surface area contributed by atoms with Gasteiger partial charge >= 0.3 is 6.35 Å².